The second-order valence-electron chi connectivity index (χ2n) is 12.1. The van der Waals surface area contributed by atoms with Crippen LogP contribution < -0.4 is 37.9 Å². The zero-order valence-corrected chi connectivity index (χ0v) is 28.8. The number of carboxylic acids is 2. The molecule has 0 saturated carbocycles. The van der Waals surface area contributed by atoms with E-state index in [1.165, 1.54) is 0 Å². The number of carbonyl (C=O) groups is 6. The number of anilines is 2. The van der Waals surface area contributed by atoms with E-state index in [0.29, 0.717) is 13.0 Å². The minimum absolute atomic E-state index is 0.166. The molecule has 4 amide bonds. The molecular weight excluding hydrogens is 725 g/mol. The summed E-state index contributed by atoms with van der Waals surface area (Å²) < 4.78 is 40.7. The summed E-state index contributed by atoms with van der Waals surface area (Å²) in [6.07, 6.45) is -3.56. The lowest BCUT2D eigenvalue weighted by molar-refractivity contribution is -0.170. The Kier molecular flexibility index (Phi) is 14.9. The average molecular weight is 765 g/mol. The number of hydrogen-bond donors (Lipinski definition) is 8. The molecule has 0 unspecified atom stereocenters. The Morgan fingerprint density at radius 1 is 0.889 bits per heavy atom. The molecule has 3 atom stereocenters. The molecule has 0 fully saturated rings. The number of unbranched alkanes of at least 4 members (excludes halogenated alkanes) is 1. The quantitative estimate of drug-likeness (QED) is 0.0764. The molecule has 0 radical (unpaired) electrons. The van der Waals surface area contributed by atoms with E-state index in [2.05, 4.69) is 35.9 Å². The van der Waals surface area contributed by atoms with E-state index in [0.717, 1.165) is 43.3 Å². The highest BCUT2D eigenvalue weighted by atomic mass is 19.4. The number of alkyl halides is 3. The van der Waals surface area contributed by atoms with Gasteiger partial charge in [0.15, 0.2) is 11.2 Å². The van der Waals surface area contributed by atoms with Crippen molar-refractivity contribution in [3.8, 4) is 0 Å². The van der Waals surface area contributed by atoms with Crippen molar-refractivity contribution in [2.24, 2.45) is 5.73 Å². The second kappa shape index (κ2) is 19.0. The maximum atomic E-state index is 13.6. The van der Waals surface area contributed by atoms with E-state index >= 15 is 0 Å². The van der Waals surface area contributed by atoms with Crippen molar-refractivity contribution in [2.75, 3.05) is 17.2 Å². The Bertz CT molecular complexity index is 1910. The van der Waals surface area contributed by atoms with Crippen LogP contribution in [0.4, 0.5) is 24.8 Å². The fourth-order valence-electron chi connectivity index (χ4n) is 5.02. The first-order chi connectivity index (χ1) is 25.4. The zero-order chi connectivity index (χ0) is 40.2. The molecule has 0 spiro atoms. The average Bonchev–Trinajstić information content (AvgIpc) is 3.10. The number of amides is 4. The van der Waals surface area contributed by atoms with Crippen LogP contribution in [0.2, 0.25) is 0 Å². The minimum atomic E-state index is -5.35. The number of aromatic nitrogens is 4. The van der Waals surface area contributed by atoms with Gasteiger partial charge in [0, 0.05) is 30.1 Å². The molecule has 19 nitrogen and oxygen atoms in total. The van der Waals surface area contributed by atoms with Crippen LogP contribution in [0.25, 0.3) is 11.2 Å². The number of benzene rings is 1. The highest BCUT2D eigenvalue weighted by Crippen LogP contribution is 2.26. The van der Waals surface area contributed by atoms with Gasteiger partial charge >= 0.3 is 24.0 Å². The van der Waals surface area contributed by atoms with Crippen LogP contribution in [-0.2, 0) is 30.5 Å². The lowest BCUT2D eigenvalue weighted by Gasteiger charge is -2.24. The van der Waals surface area contributed by atoms with Gasteiger partial charge in [0.25, 0.3) is 11.5 Å². The summed E-state index contributed by atoms with van der Waals surface area (Å²) in [6, 6.07) is 0.737. The molecule has 54 heavy (non-hydrogen) atoms. The molecule has 2 aromatic heterocycles. The van der Waals surface area contributed by atoms with E-state index in [9.17, 15) is 56.9 Å². The van der Waals surface area contributed by atoms with Gasteiger partial charge in [-0.15, -0.1) is 0 Å². The monoisotopic (exact) mass is 764 g/mol. The summed E-state index contributed by atoms with van der Waals surface area (Å²) in [7, 11) is 0. The number of nitrogens with one attached hydrogen (secondary N) is 4. The van der Waals surface area contributed by atoms with Gasteiger partial charge in [-0.05, 0) is 63.4 Å². The summed E-state index contributed by atoms with van der Waals surface area (Å²) in [6.45, 7) is 1.49. The molecule has 0 aliphatic heterocycles. The van der Waals surface area contributed by atoms with Gasteiger partial charge < -0.3 is 37.6 Å². The SMILES string of the molecule is C[C@H](CCCCN)NC(=O)CC[C@@H](NC(=O)CC[C@@H](NC(=O)c1ccc(N(Cc2cnc3nc(N)[nH]c(=O)c3n2)C(=O)C(F)(F)F)cc1)C(=O)O)C(=O)O. The van der Waals surface area contributed by atoms with Crippen molar-refractivity contribution in [1.29, 1.82) is 0 Å². The molecule has 22 heteroatoms. The lowest BCUT2D eigenvalue weighted by Crippen LogP contribution is -2.44. The zero-order valence-electron chi connectivity index (χ0n) is 28.8. The van der Waals surface area contributed by atoms with E-state index in [-0.39, 0.29) is 57.8 Å². The third-order valence-corrected chi connectivity index (χ3v) is 7.79. The topological polar surface area (TPSA) is 306 Å². The molecule has 0 aliphatic carbocycles. The number of nitrogens with two attached hydrogens (primary N) is 2. The van der Waals surface area contributed by atoms with E-state index < -0.39 is 78.8 Å². The number of aliphatic carboxylic acids is 2. The molecular formula is C32H39F3N10O9. The number of halogens is 3. The summed E-state index contributed by atoms with van der Waals surface area (Å²) in [5.41, 5.74) is 8.74. The summed E-state index contributed by atoms with van der Waals surface area (Å²) >= 11 is 0. The number of carboxylic acid groups (broad SMARTS) is 2. The van der Waals surface area contributed by atoms with Gasteiger partial charge in [0.05, 0.1) is 18.4 Å². The number of nitrogens with zero attached hydrogens (tertiary/aromatic N) is 4. The van der Waals surface area contributed by atoms with Gasteiger partial charge in [0.1, 0.15) is 12.1 Å². The van der Waals surface area contributed by atoms with Crippen LogP contribution >= 0.6 is 0 Å². The molecule has 2 heterocycles. The molecule has 292 valence electrons. The Morgan fingerprint density at radius 2 is 1.48 bits per heavy atom. The number of carbonyl (C=O) groups excluding carboxylic acids is 4. The van der Waals surface area contributed by atoms with Gasteiger partial charge in [-0.1, -0.05) is 6.42 Å². The van der Waals surface area contributed by atoms with Gasteiger partial charge in [-0.3, -0.25) is 33.9 Å². The number of rotatable bonds is 19. The second-order valence-corrected chi connectivity index (χ2v) is 12.1. The Hall–Kier alpha value is -6.19. The molecule has 3 aromatic rings. The normalized spacial score (nSPS) is 13.0. The first-order valence-corrected chi connectivity index (χ1v) is 16.4. The summed E-state index contributed by atoms with van der Waals surface area (Å²) in [5.74, 6) is -7.83. The molecule has 0 saturated heterocycles. The molecule has 0 bridgehead atoms. The molecule has 0 aliphatic rings. The van der Waals surface area contributed by atoms with Gasteiger partial charge in [-0.2, -0.15) is 18.2 Å². The van der Waals surface area contributed by atoms with Crippen LogP contribution in [-0.4, -0.2) is 96.6 Å². The molecule has 3 rings (SSSR count). The maximum absolute atomic E-state index is 13.6. The van der Waals surface area contributed by atoms with Gasteiger partial charge in [0.2, 0.25) is 17.8 Å². The summed E-state index contributed by atoms with van der Waals surface area (Å²) in [5, 5.41) is 26.3. The van der Waals surface area contributed by atoms with Crippen molar-refractivity contribution in [1.82, 2.24) is 35.9 Å². The number of nitrogen functional groups attached to an aromatic ring is 1. The maximum Gasteiger partial charge on any atom is 0.471 e. The van der Waals surface area contributed by atoms with E-state index in [4.69, 9.17) is 11.5 Å². The van der Waals surface area contributed by atoms with E-state index in [1.807, 2.05) is 0 Å². The van der Waals surface area contributed by atoms with Gasteiger partial charge in [-0.25, -0.2) is 19.6 Å². The largest absolute Gasteiger partial charge is 0.480 e. The third kappa shape index (κ3) is 12.5. The molecule has 10 N–H and O–H groups in total. The Labute approximate surface area is 304 Å². The van der Waals surface area contributed by atoms with Crippen LogP contribution in [0, 0.1) is 0 Å². The number of H-pyrrole nitrogens is 1. The predicted molar refractivity (Wildman–Crippen MR) is 183 cm³/mol. The van der Waals surface area contributed by atoms with Crippen molar-refractivity contribution in [2.45, 2.75) is 82.7 Å². The van der Waals surface area contributed by atoms with Crippen LogP contribution in [0.15, 0.2) is 35.3 Å². The first-order valence-electron chi connectivity index (χ1n) is 16.4. The Morgan fingerprint density at radius 3 is 2.06 bits per heavy atom. The Balaban J connectivity index is 1.63. The number of hydrogen-bond acceptors (Lipinski definition) is 12. The first kappa shape index (κ1) is 42.2. The van der Waals surface area contributed by atoms with Crippen molar-refractivity contribution in [3.63, 3.8) is 0 Å². The van der Waals surface area contributed by atoms with Crippen molar-refractivity contribution < 1.29 is 52.2 Å². The highest BCUT2D eigenvalue weighted by Gasteiger charge is 2.43. The van der Waals surface area contributed by atoms with Crippen LogP contribution in [0.5, 0.6) is 0 Å². The van der Waals surface area contributed by atoms with Crippen LogP contribution in [0.1, 0.15) is 67.9 Å². The number of fused-ring (bicyclic) bond motifs is 1. The summed E-state index contributed by atoms with van der Waals surface area (Å²) in [4.78, 5) is 99.8. The fourth-order valence-corrected chi connectivity index (χ4v) is 5.02. The van der Waals surface area contributed by atoms with E-state index in [1.54, 1.807) is 6.92 Å². The fraction of sp³-hybridized carbons (Fsp3) is 0.438. The number of aromatic amines is 1. The molecule has 1 aromatic carbocycles. The van der Waals surface area contributed by atoms with Crippen LogP contribution in [0.3, 0.4) is 0 Å². The standard InChI is InChI=1S/C32H39F3N10O9/c1-16(4-2-3-13-36)39-22(46)11-9-20(28(50)51)41-23(47)12-10-21(29(52)53)42-26(48)17-5-7-19(8-6-17)45(30(54)32(33,34)35)15-18-14-38-25-24(40-18)27(49)44-31(37)43-25/h5-8,14,16,20-21H,2-4,9-13,15,36H2,1H3,(H,39,46)(H,41,47)(H,42,48)(H,50,51)(H,52,53)(H3,37,38,43,44,49)/t16-,20-,21-/m1/s1. The highest BCUT2D eigenvalue weighted by molar-refractivity contribution is 5.99. The smallest absolute Gasteiger partial charge is 0.471 e. The predicted octanol–water partition coefficient (Wildman–Crippen LogP) is 0.337. The third-order valence-electron chi connectivity index (χ3n) is 7.79. The van der Waals surface area contributed by atoms with Crippen molar-refractivity contribution >= 4 is 58.4 Å². The van der Waals surface area contributed by atoms with Crippen molar-refractivity contribution in [3.05, 3.63) is 52.1 Å². The lowest BCUT2D eigenvalue weighted by atomic mass is 10.1. The minimum Gasteiger partial charge on any atom is -0.480 e.